The van der Waals surface area contributed by atoms with Crippen LogP contribution >= 0.6 is 0 Å². The van der Waals surface area contributed by atoms with E-state index in [1.165, 1.54) is 25.7 Å². The van der Waals surface area contributed by atoms with Crippen LogP contribution in [0.5, 0.6) is 0 Å². The quantitative estimate of drug-likeness (QED) is 0.534. The van der Waals surface area contributed by atoms with Crippen LogP contribution in [-0.2, 0) is 10.0 Å². The molecule has 24 heavy (non-hydrogen) atoms. The number of hydrogen-bond donors (Lipinski definition) is 2. The average Bonchev–Trinajstić information content (AvgIpc) is 3.48. The fourth-order valence-electron chi connectivity index (χ4n) is 3.83. The number of sulfonamides is 1. The van der Waals surface area contributed by atoms with Crippen LogP contribution in [0.25, 0.3) is 0 Å². The standard InChI is InChI=1S/C17H32N4O2S/c1-3-24(22,23)21-10-8-15(9-11-21)20-17(18-2)19-12-16(13-4-5-13)14-6-7-14/h13-16H,3-12H2,1-2H3,(H2,18,19,20). The van der Waals surface area contributed by atoms with Gasteiger partial charge < -0.3 is 10.6 Å². The minimum Gasteiger partial charge on any atom is -0.356 e. The Kier molecular flexibility index (Phi) is 5.70. The molecule has 0 aromatic rings. The molecule has 6 nitrogen and oxygen atoms in total. The zero-order valence-electron chi connectivity index (χ0n) is 15.0. The Morgan fingerprint density at radius 2 is 1.71 bits per heavy atom. The van der Waals surface area contributed by atoms with Crippen molar-refractivity contribution >= 4 is 16.0 Å². The fraction of sp³-hybridized carbons (Fsp3) is 0.941. The van der Waals surface area contributed by atoms with Crippen molar-refractivity contribution in [2.75, 3.05) is 32.4 Å². The second-order valence-corrected chi connectivity index (χ2v) is 9.77. The lowest BCUT2D eigenvalue weighted by atomic mass is 9.98. The molecule has 0 spiro atoms. The highest BCUT2D eigenvalue weighted by Gasteiger charge is 2.41. The summed E-state index contributed by atoms with van der Waals surface area (Å²) in [5.74, 6) is 3.76. The van der Waals surface area contributed by atoms with Crippen LogP contribution in [-0.4, -0.2) is 57.2 Å². The molecule has 3 rings (SSSR count). The number of aliphatic imine (C=N–C) groups is 1. The molecule has 0 radical (unpaired) electrons. The zero-order valence-corrected chi connectivity index (χ0v) is 15.8. The molecule has 0 aromatic carbocycles. The molecule has 2 saturated carbocycles. The predicted octanol–water partition coefficient (Wildman–Crippen LogP) is 1.40. The number of piperidine rings is 1. The topological polar surface area (TPSA) is 73.8 Å². The van der Waals surface area contributed by atoms with Gasteiger partial charge in [0.1, 0.15) is 0 Å². The summed E-state index contributed by atoms with van der Waals surface area (Å²) in [6, 6.07) is 0.305. The second kappa shape index (κ2) is 7.60. The molecule has 0 atom stereocenters. The largest absolute Gasteiger partial charge is 0.356 e. The molecule has 7 heteroatoms. The number of guanidine groups is 1. The third-order valence-electron chi connectivity index (χ3n) is 5.74. The zero-order chi connectivity index (χ0) is 17.2. The third kappa shape index (κ3) is 4.63. The lowest BCUT2D eigenvalue weighted by molar-refractivity contribution is 0.305. The second-order valence-electron chi connectivity index (χ2n) is 7.51. The van der Waals surface area contributed by atoms with Gasteiger partial charge in [-0.15, -0.1) is 0 Å². The van der Waals surface area contributed by atoms with Crippen molar-refractivity contribution in [3.05, 3.63) is 0 Å². The predicted molar refractivity (Wildman–Crippen MR) is 97.5 cm³/mol. The van der Waals surface area contributed by atoms with Crippen molar-refractivity contribution in [2.24, 2.45) is 22.7 Å². The van der Waals surface area contributed by atoms with E-state index in [2.05, 4.69) is 15.6 Å². The lowest BCUT2D eigenvalue weighted by Crippen LogP contribution is -2.50. The third-order valence-corrected chi connectivity index (χ3v) is 7.62. The molecular formula is C17H32N4O2S. The first-order valence-corrected chi connectivity index (χ1v) is 11.1. The molecule has 0 bridgehead atoms. The van der Waals surface area contributed by atoms with E-state index >= 15 is 0 Å². The van der Waals surface area contributed by atoms with Crippen LogP contribution in [0.3, 0.4) is 0 Å². The Morgan fingerprint density at radius 3 is 2.17 bits per heavy atom. The van der Waals surface area contributed by atoms with Crippen molar-refractivity contribution in [3.63, 3.8) is 0 Å². The highest BCUT2D eigenvalue weighted by molar-refractivity contribution is 7.89. The first-order valence-electron chi connectivity index (χ1n) is 9.48. The van der Waals surface area contributed by atoms with Gasteiger partial charge in [-0.05, 0) is 63.2 Å². The molecule has 1 saturated heterocycles. The van der Waals surface area contributed by atoms with Crippen LogP contribution in [0.4, 0.5) is 0 Å². The summed E-state index contributed by atoms with van der Waals surface area (Å²) in [6.45, 7) is 3.95. The molecule has 1 aliphatic heterocycles. The van der Waals surface area contributed by atoms with E-state index in [0.717, 1.165) is 43.1 Å². The molecule has 0 amide bonds. The maximum absolute atomic E-state index is 11.9. The number of nitrogens with zero attached hydrogens (tertiary/aromatic N) is 2. The van der Waals surface area contributed by atoms with Crippen molar-refractivity contribution in [2.45, 2.75) is 51.5 Å². The summed E-state index contributed by atoms with van der Waals surface area (Å²) in [5.41, 5.74) is 0. The Bertz CT molecular complexity index is 535. The monoisotopic (exact) mass is 356 g/mol. The van der Waals surface area contributed by atoms with E-state index in [9.17, 15) is 8.42 Å². The first kappa shape index (κ1) is 18.0. The van der Waals surface area contributed by atoms with Crippen molar-refractivity contribution in [1.29, 1.82) is 0 Å². The van der Waals surface area contributed by atoms with Gasteiger partial charge in [0.25, 0.3) is 0 Å². The van der Waals surface area contributed by atoms with Crippen LogP contribution in [0.15, 0.2) is 4.99 Å². The molecule has 2 aliphatic carbocycles. The molecule has 1 heterocycles. The minimum atomic E-state index is -3.05. The van der Waals surface area contributed by atoms with Crippen molar-refractivity contribution < 1.29 is 8.42 Å². The van der Waals surface area contributed by atoms with E-state index < -0.39 is 10.0 Å². The van der Waals surface area contributed by atoms with Crippen molar-refractivity contribution in [1.82, 2.24) is 14.9 Å². The van der Waals surface area contributed by atoms with Crippen LogP contribution < -0.4 is 10.6 Å². The summed E-state index contributed by atoms with van der Waals surface area (Å²) >= 11 is 0. The molecule has 2 N–H and O–H groups in total. The van der Waals surface area contributed by atoms with Gasteiger partial charge in [-0.1, -0.05) is 0 Å². The van der Waals surface area contributed by atoms with Crippen LogP contribution in [0.2, 0.25) is 0 Å². The molecule has 3 fully saturated rings. The SMILES string of the molecule is CCS(=O)(=O)N1CCC(NC(=NC)NCC(C2CC2)C2CC2)CC1. The van der Waals surface area contributed by atoms with E-state index in [1.54, 1.807) is 11.2 Å². The van der Waals surface area contributed by atoms with E-state index in [4.69, 9.17) is 0 Å². The average molecular weight is 357 g/mol. The molecule has 3 aliphatic rings. The maximum Gasteiger partial charge on any atom is 0.213 e. The van der Waals surface area contributed by atoms with Gasteiger partial charge in [0.2, 0.25) is 10.0 Å². The normalized spacial score (nSPS) is 24.4. The highest BCUT2D eigenvalue weighted by Crippen LogP contribution is 2.48. The summed E-state index contributed by atoms with van der Waals surface area (Å²) in [6.07, 6.45) is 7.29. The highest BCUT2D eigenvalue weighted by atomic mass is 32.2. The Labute approximate surface area is 146 Å². The Balaban J connectivity index is 1.43. The summed E-state index contributed by atoms with van der Waals surface area (Å²) < 4.78 is 25.5. The summed E-state index contributed by atoms with van der Waals surface area (Å²) in [5, 5.41) is 7.01. The Hall–Kier alpha value is -0.820. The Morgan fingerprint density at radius 1 is 1.12 bits per heavy atom. The van der Waals surface area contributed by atoms with Crippen LogP contribution in [0.1, 0.15) is 45.4 Å². The van der Waals surface area contributed by atoms with E-state index in [0.29, 0.717) is 19.1 Å². The molecule has 138 valence electrons. The smallest absolute Gasteiger partial charge is 0.213 e. The maximum atomic E-state index is 11.9. The van der Waals surface area contributed by atoms with Gasteiger partial charge in [0.15, 0.2) is 5.96 Å². The number of rotatable bonds is 7. The van der Waals surface area contributed by atoms with Crippen LogP contribution in [0, 0.1) is 17.8 Å². The van der Waals surface area contributed by atoms with Gasteiger partial charge >= 0.3 is 0 Å². The first-order chi connectivity index (χ1) is 11.5. The van der Waals surface area contributed by atoms with E-state index in [-0.39, 0.29) is 5.75 Å². The molecular weight excluding hydrogens is 324 g/mol. The summed E-state index contributed by atoms with van der Waals surface area (Å²) in [7, 11) is -1.23. The molecule has 0 aromatic heterocycles. The number of nitrogens with one attached hydrogen (secondary N) is 2. The van der Waals surface area contributed by atoms with Gasteiger partial charge in [-0.25, -0.2) is 12.7 Å². The lowest BCUT2D eigenvalue weighted by Gasteiger charge is -2.32. The summed E-state index contributed by atoms with van der Waals surface area (Å²) in [4.78, 5) is 4.36. The van der Waals surface area contributed by atoms with Crippen molar-refractivity contribution in [3.8, 4) is 0 Å². The minimum absolute atomic E-state index is 0.193. The fourth-order valence-corrected chi connectivity index (χ4v) is 4.96. The molecule has 0 unspecified atom stereocenters. The number of hydrogen-bond acceptors (Lipinski definition) is 3. The van der Waals surface area contributed by atoms with Gasteiger partial charge in [-0.2, -0.15) is 0 Å². The van der Waals surface area contributed by atoms with Gasteiger partial charge in [0.05, 0.1) is 5.75 Å². The van der Waals surface area contributed by atoms with Gasteiger partial charge in [0, 0.05) is 32.7 Å². The van der Waals surface area contributed by atoms with Gasteiger partial charge in [-0.3, -0.25) is 4.99 Å². The van der Waals surface area contributed by atoms with E-state index in [1.807, 2.05) is 7.05 Å².